The van der Waals surface area contributed by atoms with Crippen molar-refractivity contribution in [2.45, 2.75) is 38.6 Å². The summed E-state index contributed by atoms with van der Waals surface area (Å²) in [5, 5.41) is 1.31. The third kappa shape index (κ3) is 4.11. The molecule has 2 heterocycles. The van der Waals surface area contributed by atoms with Crippen LogP contribution in [0.15, 0.2) is 36.4 Å². The van der Waals surface area contributed by atoms with E-state index in [2.05, 4.69) is 73.1 Å². The summed E-state index contributed by atoms with van der Waals surface area (Å²) in [6, 6.07) is 13.7. The number of methoxy groups -OCH3 is 2. The Morgan fingerprint density at radius 3 is 2.29 bits per heavy atom. The van der Waals surface area contributed by atoms with Crippen LogP contribution in [0.1, 0.15) is 38.2 Å². The van der Waals surface area contributed by atoms with E-state index < -0.39 is 0 Å². The van der Waals surface area contributed by atoms with Gasteiger partial charge in [-0.3, -0.25) is 0 Å². The maximum absolute atomic E-state index is 5.55. The minimum absolute atomic E-state index is 0.395. The molecule has 166 valence electrons. The molecule has 1 aromatic heterocycles. The first-order chi connectivity index (χ1) is 14.9. The molecule has 0 bridgehead atoms. The summed E-state index contributed by atoms with van der Waals surface area (Å²) in [6.07, 6.45) is 2.43. The van der Waals surface area contributed by atoms with Gasteiger partial charge >= 0.3 is 0 Å². The molecule has 2 aromatic carbocycles. The van der Waals surface area contributed by atoms with Crippen LogP contribution < -0.4 is 14.4 Å². The van der Waals surface area contributed by atoms with Crippen molar-refractivity contribution >= 4 is 16.6 Å². The van der Waals surface area contributed by atoms with E-state index in [1.807, 2.05) is 6.07 Å². The number of ether oxygens (including phenoxy) is 2. The van der Waals surface area contributed by atoms with Crippen LogP contribution in [-0.4, -0.2) is 57.3 Å². The lowest BCUT2D eigenvalue weighted by atomic mass is 9.95. The number of aromatic amines is 1. The number of fused-ring (bicyclic) bond motifs is 1. The predicted octanol–water partition coefficient (Wildman–Crippen LogP) is 5.51. The molecule has 1 aliphatic rings. The summed E-state index contributed by atoms with van der Waals surface area (Å²) in [5.74, 6) is 1.89. The number of hydrogen-bond acceptors (Lipinski definition) is 4. The molecular weight excluding hydrogens is 386 g/mol. The summed E-state index contributed by atoms with van der Waals surface area (Å²) in [5.41, 5.74) is 6.14. The fraction of sp³-hybridized carbons (Fsp3) is 0.462. The highest BCUT2D eigenvalue weighted by Crippen LogP contribution is 2.40. The van der Waals surface area contributed by atoms with Gasteiger partial charge in [0, 0.05) is 41.3 Å². The van der Waals surface area contributed by atoms with Gasteiger partial charge in [-0.1, -0.05) is 13.8 Å². The SMILES string of the molecule is COc1ccc(-c2[nH]c3ccc(N4CCC(N(C)C)CC4)cc3c2C(C)C)cc1OC. The smallest absolute Gasteiger partial charge is 0.161 e. The molecule has 4 rings (SSSR count). The maximum atomic E-state index is 5.55. The molecule has 1 N–H and O–H groups in total. The quantitative estimate of drug-likeness (QED) is 0.570. The van der Waals surface area contributed by atoms with E-state index >= 15 is 0 Å². The van der Waals surface area contributed by atoms with Gasteiger partial charge in [0.15, 0.2) is 11.5 Å². The van der Waals surface area contributed by atoms with Gasteiger partial charge in [0.2, 0.25) is 0 Å². The Hall–Kier alpha value is -2.66. The van der Waals surface area contributed by atoms with Crippen molar-refractivity contribution in [1.29, 1.82) is 0 Å². The van der Waals surface area contributed by atoms with E-state index in [4.69, 9.17) is 9.47 Å². The zero-order chi connectivity index (χ0) is 22.1. The Kier molecular flexibility index (Phi) is 6.15. The molecule has 0 unspecified atom stereocenters. The third-order valence-electron chi connectivity index (χ3n) is 6.63. The molecular formula is C26H35N3O2. The van der Waals surface area contributed by atoms with Gasteiger partial charge in [0.05, 0.1) is 19.9 Å². The van der Waals surface area contributed by atoms with Crippen LogP contribution in [0.4, 0.5) is 5.69 Å². The number of benzene rings is 2. The van der Waals surface area contributed by atoms with Crippen LogP contribution in [0.3, 0.4) is 0 Å². The highest BCUT2D eigenvalue weighted by molar-refractivity contribution is 5.93. The highest BCUT2D eigenvalue weighted by Gasteiger charge is 2.22. The molecule has 0 atom stereocenters. The fourth-order valence-electron chi connectivity index (χ4n) is 4.86. The number of hydrogen-bond donors (Lipinski definition) is 1. The molecule has 1 fully saturated rings. The van der Waals surface area contributed by atoms with Gasteiger partial charge in [0.1, 0.15) is 0 Å². The van der Waals surface area contributed by atoms with Crippen LogP contribution in [0.5, 0.6) is 11.5 Å². The molecule has 5 nitrogen and oxygen atoms in total. The standard InChI is InChI=1S/C26H35N3O2/c1-17(2)25-21-16-20(29-13-11-19(12-14-29)28(3)4)8-9-22(21)27-26(25)18-7-10-23(30-5)24(15-18)31-6/h7-10,15-17,19,27H,11-14H2,1-6H3. The maximum Gasteiger partial charge on any atom is 0.161 e. The molecule has 0 amide bonds. The van der Waals surface area contributed by atoms with Crippen LogP contribution in [-0.2, 0) is 0 Å². The second-order valence-electron chi connectivity index (χ2n) is 9.05. The minimum Gasteiger partial charge on any atom is -0.493 e. The van der Waals surface area contributed by atoms with Crippen molar-refractivity contribution in [3.8, 4) is 22.8 Å². The molecule has 1 saturated heterocycles. The number of aromatic nitrogens is 1. The normalized spacial score (nSPS) is 15.3. The van der Waals surface area contributed by atoms with Crippen molar-refractivity contribution < 1.29 is 9.47 Å². The van der Waals surface area contributed by atoms with E-state index in [9.17, 15) is 0 Å². The number of rotatable bonds is 6. The van der Waals surface area contributed by atoms with Crippen LogP contribution in [0.25, 0.3) is 22.2 Å². The van der Waals surface area contributed by atoms with E-state index in [1.54, 1.807) is 14.2 Å². The molecule has 31 heavy (non-hydrogen) atoms. The molecule has 0 saturated carbocycles. The van der Waals surface area contributed by atoms with Gasteiger partial charge in [-0.05, 0) is 74.8 Å². The average molecular weight is 422 g/mol. The summed E-state index contributed by atoms with van der Waals surface area (Å²) in [4.78, 5) is 8.58. The van der Waals surface area contributed by atoms with E-state index in [1.165, 1.54) is 35.0 Å². The Bertz CT molecular complexity index is 1050. The molecule has 3 aromatic rings. The second-order valence-corrected chi connectivity index (χ2v) is 9.05. The van der Waals surface area contributed by atoms with Crippen molar-refractivity contribution in [3.63, 3.8) is 0 Å². The Morgan fingerprint density at radius 1 is 0.968 bits per heavy atom. The first kappa shape index (κ1) is 21.6. The Morgan fingerprint density at radius 2 is 1.68 bits per heavy atom. The van der Waals surface area contributed by atoms with Gasteiger partial charge in [-0.2, -0.15) is 0 Å². The van der Waals surface area contributed by atoms with Crippen LogP contribution in [0.2, 0.25) is 0 Å². The second kappa shape index (κ2) is 8.83. The Labute approximate surface area is 185 Å². The summed E-state index contributed by atoms with van der Waals surface area (Å²) < 4.78 is 11.0. The number of nitrogens with one attached hydrogen (secondary N) is 1. The summed E-state index contributed by atoms with van der Waals surface area (Å²) in [6.45, 7) is 6.75. The van der Waals surface area contributed by atoms with Crippen molar-refractivity contribution in [2.75, 3.05) is 46.3 Å². The van der Waals surface area contributed by atoms with Crippen molar-refractivity contribution in [2.24, 2.45) is 0 Å². The van der Waals surface area contributed by atoms with Gasteiger partial charge in [-0.25, -0.2) is 0 Å². The first-order valence-electron chi connectivity index (χ1n) is 11.2. The fourth-order valence-corrected chi connectivity index (χ4v) is 4.86. The molecule has 0 radical (unpaired) electrons. The average Bonchev–Trinajstić information content (AvgIpc) is 3.17. The predicted molar refractivity (Wildman–Crippen MR) is 130 cm³/mol. The van der Waals surface area contributed by atoms with Crippen LogP contribution >= 0.6 is 0 Å². The first-order valence-corrected chi connectivity index (χ1v) is 11.2. The largest absolute Gasteiger partial charge is 0.493 e. The lowest BCUT2D eigenvalue weighted by molar-refractivity contribution is 0.249. The van der Waals surface area contributed by atoms with Gasteiger partial charge in [-0.15, -0.1) is 0 Å². The van der Waals surface area contributed by atoms with Gasteiger partial charge in [0.25, 0.3) is 0 Å². The monoisotopic (exact) mass is 421 g/mol. The lowest BCUT2D eigenvalue weighted by Crippen LogP contribution is -2.41. The number of H-pyrrole nitrogens is 1. The van der Waals surface area contributed by atoms with E-state index in [-0.39, 0.29) is 0 Å². The van der Waals surface area contributed by atoms with E-state index in [0.717, 1.165) is 35.8 Å². The topological polar surface area (TPSA) is 40.7 Å². The molecule has 1 aliphatic heterocycles. The summed E-state index contributed by atoms with van der Waals surface area (Å²) >= 11 is 0. The summed E-state index contributed by atoms with van der Waals surface area (Å²) in [7, 11) is 7.73. The highest BCUT2D eigenvalue weighted by atomic mass is 16.5. The molecule has 0 aliphatic carbocycles. The molecule has 5 heteroatoms. The van der Waals surface area contributed by atoms with Crippen molar-refractivity contribution in [1.82, 2.24) is 9.88 Å². The van der Waals surface area contributed by atoms with Crippen LogP contribution in [0, 0.1) is 0 Å². The minimum atomic E-state index is 0.395. The Balaban J connectivity index is 1.73. The zero-order valence-corrected chi connectivity index (χ0v) is 19.7. The lowest BCUT2D eigenvalue weighted by Gasteiger charge is -2.36. The molecule has 0 spiro atoms. The third-order valence-corrected chi connectivity index (χ3v) is 6.63. The van der Waals surface area contributed by atoms with E-state index in [0.29, 0.717) is 12.0 Å². The zero-order valence-electron chi connectivity index (χ0n) is 19.7. The number of piperidine rings is 1. The van der Waals surface area contributed by atoms with Crippen molar-refractivity contribution in [3.05, 3.63) is 42.0 Å². The van der Waals surface area contributed by atoms with Gasteiger partial charge < -0.3 is 24.3 Å². The number of anilines is 1. The number of nitrogens with zero attached hydrogens (tertiary/aromatic N) is 2.